The molecular weight excluding hydrogens is 711 g/mol. The van der Waals surface area contributed by atoms with Gasteiger partial charge < -0.3 is 34.7 Å². The lowest BCUT2D eigenvalue weighted by Gasteiger charge is -2.38. The van der Waals surface area contributed by atoms with Crippen molar-refractivity contribution in [2.45, 2.75) is 95.8 Å². The van der Waals surface area contributed by atoms with Crippen LogP contribution in [0.25, 0.3) is 11.1 Å². The molecule has 2 amide bonds. The van der Waals surface area contributed by atoms with Crippen molar-refractivity contribution < 1.29 is 38.4 Å². The Bertz CT molecular complexity index is 1910. The van der Waals surface area contributed by atoms with Gasteiger partial charge in [0.1, 0.15) is 17.7 Å². The molecule has 11 nitrogen and oxygen atoms in total. The number of carbonyl (C=O) groups excluding carboxylic acids is 3. The largest absolute Gasteiger partial charge is 0.467 e. The Labute approximate surface area is 329 Å². The fourth-order valence-electron chi connectivity index (χ4n) is 7.25. The second kappa shape index (κ2) is 18.7. The van der Waals surface area contributed by atoms with Crippen LogP contribution in [0, 0.1) is 0 Å². The molecule has 0 radical (unpaired) electrons. The first-order valence-electron chi connectivity index (χ1n) is 19.3. The quantitative estimate of drug-likeness (QED) is 0.126. The maximum Gasteiger partial charge on any atom is 0.328 e. The number of ether oxygens (including phenoxy) is 4. The van der Waals surface area contributed by atoms with E-state index in [2.05, 4.69) is 15.5 Å². The molecule has 2 fully saturated rings. The number of hydrogen-bond donors (Lipinski definition) is 3. The highest BCUT2D eigenvalue weighted by Crippen LogP contribution is 2.39. The van der Waals surface area contributed by atoms with Crippen molar-refractivity contribution in [1.82, 2.24) is 15.5 Å². The van der Waals surface area contributed by atoms with E-state index < -0.39 is 29.9 Å². The fraction of sp³-hybridized carbons (Fsp3) is 0.400. The van der Waals surface area contributed by atoms with Crippen molar-refractivity contribution in [2.75, 3.05) is 20.2 Å². The molecule has 2 saturated heterocycles. The number of amides is 2. The van der Waals surface area contributed by atoms with Crippen molar-refractivity contribution in [2.24, 2.45) is 0 Å². The number of rotatable bonds is 13. The average Bonchev–Trinajstić information content (AvgIpc) is 3.67. The highest BCUT2D eigenvalue weighted by molar-refractivity contribution is 5.83. The Morgan fingerprint density at radius 1 is 0.857 bits per heavy atom. The molecule has 4 aromatic rings. The van der Waals surface area contributed by atoms with Gasteiger partial charge in [-0.1, -0.05) is 97.1 Å². The van der Waals surface area contributed by atoms with E-state index in [9.17, 15) is 19.5 Å². The van der Waals surface area contributed by atoms with Crippen LogP contribution in [0.2, 0.25) is 0 Å². The Balaban J connectivity index is 1.12. The minimum absolute atomic E-state index is 0.0328. The highest BCUT2D eigenvalue weighted by Gasteiger charge is 2.39. The van der Waals surface area contributed by atoms with Gasteiger partial charge in [0.05, 0.1) is 25.9 Å². The summed E-state index contributed by atoms with van der Waals surface area (Å²) in [5.74, 6) is -0.709. The second-order valence-electron chi connectivity index (χ2n) is 15.5. The summed E-state index contributed by atoms with van der Waals surface area (Å²) in [5, 5.41) is 15.2. The van der Waals surface area contributed by atoms with Crippen LogP contribution < -0.4 is 10.6 Å². The summed E-state index contributed by atoms with van der Waals surface area (Å²) in [5.41, 5.74) is 5.89. The zero-order valence-electron chi connectivity index (χ0n) is 32.6. The molecule has 0 unspecified atom stereocenters. The third kappa shape index (κ3) is 11.0. The number of likely N-dealkylation sites (tertiary alicyclic amines) is 1. The van der Waals surface area contributed by atoms with Crippen molar-refractivity contribution in [3.63, 3.8) is 0 Å². The summed E-state index contributed by atoms with van der Waals surface area (Å²) in [7, 11) is 1.31. The molecule has 11 heteroatoms. The van der Waals surface area contributed by atoms with E-state index >= 15 is 0 Å². The van der Waals surface area contributed by atoms with E-state index in [4.69, 9.17) is 18.9 Å². The summed E-state index contributed by atoms with van der Waals surface area (Å²) in [6.45, 7) is 7.26. The summed E-state index contributed by atoms with van der Waals surface area (Å²) >= 11 is 0. The Kier molecular flexibility index (Phi) is 13.6. The summed E-state index contributed by atoms with van der Waals surface area (Å²) in [6.07, 6.45) is 1.49. The van der Waals surface area contributed by atoms with Gasteiger partial charge in [-0.15, -0.1) is 0 Å². The van der Waals surface area contributed by atoms with Crippen molar-refractivity contribution in [1.29, 1.82) is 0 Å². The predicted molar refractivity (Wildman–Crippen MR) is 212 cm³/mol. The molecule has 0 bridgehead atoms. The van der Waals surface area contributed by atoms with Crippen LogP contribution in [-0.4, -0.2) is 72.0 Å². The molecule has 0 spiro atoms. The summed E-state index contributed by atoms with van der Waals surface area (Å²) in [4.78, 5) is 40.6. The van der Waals surface area contributed by atoms with Gasteiger partial charge in [0.25, 0.3) is 0 Å². The molecule has 0 aromatic heterocycles. The smallest absolute Gasteiger partial charge is 0.328 e. The van der Waals surface area contributed by atoms with Gasteiger partial charge in [0, 0.05) is 31.5 Å². The predicted octanol–water partition coefficient (Wildman–Crippen LogP) is 6.78. The van der Waals surface area contributed by atoms with Gasteiger partial charge in [-0.05, 0) is 79.6 Å². The number of urea groups is 1. The van der Waals surface area contributed by atoms with Crippen LogP contribution in [0.15, 0.2) is 103 Å². The zero-order chi connectivity index (χ0) is 39.7. The van der Waals surface area contributed by atoms with E-state index in [0.717, 1.165) is 58.3 Å². The molecule has 6 rings (SSSR count). The molecule has 3 N–H and O–H groups in total. The lowest BCUT2D eigenvalue weighted by molar-refractivity contribution is -0.253. The highest BCUT2D eigenvalue weighted by atomic mass is 16.7. The van der Waals surface area contributed by atoms with Gasteiger partial charge >= 0.3 is 18.0 Å². The number of nitrogens with one attached hydrogen (secondary N) is 2. The van der Waals surface area contributed by atoms with Gasteiger partial charge in [0.2, 0.25) is 0 Å². The van der Waals surface area contributed by atoms with Gasteiger partial charge in [0.15, 0.2) is 6.29 Å². The lowest BCUT2D eigenvalue weighted by atomic mass is 9.98. The standard InChI is InChI=1S/C45H53N3O8/c1-45(2,3)56-42(51)39-14-9-23-48(39)28-37-26-40(34-17-15-31(29-49)16-18-34)55-43(54-37)35-21-19-33(20-22-35)36-13-8-12-32(24-36)27-46-44(52)47-38(41(50)53-4)25-30-10-6-5-7-11-30/h5-8,10-13,15-22,24,37-40,43,49H,9,14,23,25-29H2,1-4H3,(H2,46,47,52)/t37-,38+,39+,40+,43+/m1/s1. The molecule has 296 valence electrons. The van der Waals surface area contributed by atoms with E-state index in [1.165, 1.54) is 7.11 Å². The Hall–Kier alpha value is -5.07. The number of aliphatic hydroxyl groups is 1. The van der Waals surface area contributed by atoms with E-state index in [-0.39, 0.29) is 37.4 Å². The number of aliphatic hydroxyl groups excluding tert-OH is 1. The number of carbonyl (C=O) groups is 3. The molecule has 5 atom stereocenters. The molecule has 2 heterocycles. The topological polar surface area (TPSA) is 136 Å². The monoisotopic (exact) mass is 763 g/mol. The Morgan fingerprint density at radius 3 is 2.27 bits per heavy atom. The third-order valence-corrected chi connectivity index (χ3v) is 10.1. The van der Waals surface area contributed by atoms with E-state index in [0.29, 0.717) is 19.4 Å². The fourth-order valence-corrected chi connectivity index (χ4v) is 7.25. The SMILES string of the molecule is COC(=O)[C@H](Cc1ccccc1)NC(=O)NCc1cccc(-c2ccc([C@H]3O[C@@H](CN4CCC[C@H]4C(=O)OC(C)(C)C)C[C@@H](c4ccc(CO)cc4)O3)cc2)c1. The Morgan fingerprint density at radius 2 is 1.57 bits per heavy atom. The van der Waals surface area contributed by atoms with Crippen LogP contribution in [0.4, 0.5) is 4.79 Å². The number of methoxy groups -OCH3 is 1. The molecular formula is C45H53N3O8. The normalized spacial score (nSPS) is 20.5. The van der Waals surface area contributed by atoms with E-state index in [1.54, 1.807) is 0 Å². The van der Waals surface area contributed by atoms with Crippen molar-refractivity contribution in [3.05, 3.63) is 131 Å². The van der Waals surface area contributed by atoms with Crippen LogP contribution in [0.3, 0.4) is 0 Å². The minimum atomic E-state index is -0.823. The average molecular weight is 764 g/mol. The van der Waals surface area contributed by atoms with E-state index in [1.807, 2.05) is 124 Å². The number of nitrogens with zero attached hydrogens (tertiary/aromatic N) is 1. The maximum atomic E-state index is 13.1. The van der Waals surface area contributed by atoms with Gasteiger partial charge in [-0.25, -0.2) is 9.59 Å². The van der Waals surface area contributed by atoms with Gasteiger partial charge in [-0.2, -0.15) is 0 Å². The summed E-state index contributed by atoms with van der Waals surface area (Å²) < 4.78 is 23.9. The molecule has 4 aromatic carbocycles. The van der Waals surface area contributed by atoms with Crippen LogP contribution >= 0.6 is 0 Å². The van der Waals surface area contributed by atoms with Crippen molar-refractivity contribution in [3.8, 4) is 11.1 Å². The van der Waals surface area contributed by atoms with Crippen LogP contribution in [0.1, 0.15) is 80.2 Å². The first-order valence-corrected chi connectivity index (χ1v) is 19.3. The van der Waals surface area contributed by atoms with Gasteiger partial charge in [-0.3, -0.25) is 9.69 Å². The maximum absolute atomic E-state index is 13.1. The number of benzene rings is 4. The molecule has 0 saturated carbocycles. The lowest BCUT2D eigenvalue weighted by Crippen LogP contribution is -2.47. The number of esters is 2. The van der Waals surface area contributed by atoms with Crippen LogP contribution in [-0.2, 0) is 48.1 Å². The van der Waals surface area contributed by atoms with Crippen LogP contribution in [0.5, 0.6) is 0 Å². The third-order valence-electron chi connectivity index (χ3n) is 10.1. The molecule has 2 aliphatic rings. The molecule has 56 heavy (non-hydrogen) atoms. The second-order valence-corrected chi connectivity index (χ2v) is 15.5. The molecule has 2 aliphatic heterocycles. The number of hydrogen-bond acceptors (Lipinski definition) is 9. The first-order chi connectivity index (χ1) is 27.0. The zero-order valence-corrected chi connectivity index (χ0v) is 32.6. The summed E-state index contributed by atoms with van der Waals surface area (Å²) in [6, 6.07) is 31.6. The molecule has 0 aliphatic carbocycles. The first kappa shape index (κ1) is 40.6. The minimum Gasteiger partial charge on any atom is -0.467 e. The van der Waals surface area contributed by atoms with Crippen molar-refractivity contribution >= 4 is 18.0 Å².